The minimum atomic E-state index is -0.255. The van der Waals surface area contributed by atoms with Crippen LogP contribution in [0.4, 0.5) is 5.69 Å². The molecule has 0 atom stereocenters. The van der Waals surface area contributed by atoms with Gasteiger partial charge in [-0.25, -0.2) is 0 Å². The Morgan fingerprint density at radius 2 is 1.92 bits per heavy atom. The Balaban J connectivity index is 1.70. The van der Waals surface area contributed by atoms with Crippen LogP contribution in [-0.2, 0) is 22.6 Å². The molecule has 3 rings (SSSR count). The van der Waals surface area contributed by atoms with Gasteiger partial charge in [0.05, 0.1) is 6.54 Å². The molecular weight excluding hydrogens is 306 g/mol. The van der Waals surface area contributed by atoms with Crippen molar-refractivity contribution in [2.45, 2.75) is 39.2 Å². The van der Waals surface area contributed by atoms with Crippen molar-refractivity contribution in [1.82, 2.24) is 20.1 Å². The molecule has 24 heavy (non-hydrogen) atoms. The van der Waals surface area contributed by atoms with Gasteiger partial charge >= 0.3 is 0 Å². The van der Waals surface area contributed by atoms with E-state index in [1.54, 1.807) is 0 Å². The molecule has 0 saturated heterocycles. The molecule has 2 aromatic rings. The highest BCUT2D eigenvalue weighted by molar-refractivity contribution is 5.94. The van der Waals surface area contributed by atoms with E-state index in [4.69, 9.17) is 0 Å². The first-order chi connectivity index (χ1) is 11.6. The third-order valence-electron chi connectivity index (χ3n) is 4.03. The normalized spacial score (nSPS) is 13.7. The van der Waals surface area contributed by atoms with Gasteiger partial charge in [-0.15, -0.1) is 10.2 Å². The first kappa shape index (κ1) is 16.2. The number of benzene rings is 1. The maximum absolute atomic E-state index is 11.7. The summed E-state index contributed by atoms with van der Waals surface area (Å²) >= 11 is 0. The van der Waals surface area contributed by atoms with Crippen LogP contribution in [0.3, 0.4) is 0 Å². The molecule has 7 heteroatoms. The summed E-state index contributed by atoms with van der Waals surface area (Å²) in [7, 11) is 0. The molecule has 1 aliphatic rings. The van der Waals surface area contributed by atoms with E-state index in [1.807, 2.05) is 24.3 Å². The fourth-order valence-electron chi connectivity index (χ4n) is 2.81. The Labute approximate surface area is 140 Å². The summed E-state index contributed by atoms with van der Waals surface area (Å²) in [6.45, 7) is 2.30. The number of fused-ring (bicyclic) bond motifs is 1. The molecule has 7 nitrogen and oxygen atoms in total. The van der Waals surface area contributed by atoms with Crippen LogP contribution in [0.2, 0.25) is 0 Å². The average Bonchev–Trinajstić information content (AvgIpc) is 2.82. The number of carbonyl (C=O) groups is 2. The number of rotatable bonds is 4. The second kappa shape index (κ2) is 7.25. The average molecular weight is 327 g/mol. The Morgan fingerprint density at radius 3 is 2.67 bits per heavy atom. The number of aryl methyl sites for hydroxylation is 1. The molecule has 2 heterocycles. The Kier molecular flexibility index (Phi) is 4.88. The van der Waals surface area contributed by atoms with Gasteiger partial charge < -0.3 is 15.2 Å². The second-order valence-corrected chi connectivity index (χ2v) is 5.94. The maximum atomic E-state index is 11.7. The lowest BCUT2D eigenvalue weighted by molar-refractivity contribution is -0.122. The Hall–Kier alpha value is -2.70. The highest BCUT2D eigenvalue weighted by atomic mass is 16.2. The predicted molar refractivity (Wildman–Crippen MR) is 90.3 cm³/mol. The summed E-state index contributed by atoms with van der Waals surface area (Å²) in [6, 6.07) is 7.52. The molecule has 0 unspecified atom stereocenters. The fraction of sp³-hybridized carbons (Fsp3) is 0.412. The molecule has 0 aliphatic carbocycles. The molecule has 0 saturated carbocycles. The van der Waals surface area contributed by atoms with Crippen molar-refractivity contribution < 1.29 is 9.59 Å². The number of nitrogens with one attached hydrogen (secondary N) is 2. The summed E-state index contributed by atoms with van der Waals surface area (Å²) in [5.41, 5.74) is 1.67. The maximum Gasteiger partial charge on any atom is 0.243 e. The first-order valence-electron chi connectivity index (χ1n) is 8.20. The van der Waals surface area contributed by atoms with Gasteiger partial charge in [0.25, 0.3) is 0 Å². The number of anilines is 1. The summed E-state index contributed by atoms with van der Waals surface area (Å²) in [5.74, 6) is 1.44. The largest absolute Gasteiger partial charge is 0.347 e. The third kappa shape index (κ3) is 3.79. The zero-order chi connectivity index (χ0) is 16.9. The van der Waals surface area contributed by atoms with Crippen LogP contribution in [0.1, 0.15) is 32.0 Å². The van der Waals surface area contributed by atoms with Crippen LogP contribution in [0, 0.1) is 0 Å². The molecule has 0 radical (unpaired) electrons. The van der Waals surface area contributed by atoms with E-state index in [0.717, 1.165) is 43.0 Å². The first-order valence-corrected chi connectivity index (χ1v) is 8.20. The monoisotopic (exact) mass is 327 g/mol. The summed E-state index contributed by atoms with van der Waals surface area (Å²) in [6.07, 6.45) is 4.51. The van der Waals surface area contributed by atoms with Crippen molar-refractivity contribution in [2.75, 3.05) is 11.9 Å². The van der Waals surface area contributed by atoms with Crippen molar-refractivity contribution in [3.63, 3.8) is 0 Å². The van der Waals surface area contributed by atoms with Gasteiger partial charge in [-0.05, 0) is 37.1 Å². The third-order valence-corrected chi connectivity index (χ3v) is 4.03. The Morgan fingerprint density at radius 1 is 1.12 bits per heavy atom. The minimum absolute atomic E-state index is 0.0330. The van der Waals surface area contributed by atoms with E-state index in [1.165, 1.54) is 13.3 Å². The molecule has 0 spiro atoms. The van der Waals surface area contributed by atoms with Gasteiger partial charge in [-0.3, -0.25) is 9.59 Å². The van der Waals surface area contributed by atoms with Gasteiger partial charge in [0, 0.05) is 31.1 Å². The predicted octanol–water partition coefficient (Wildman–Crippen LogP) is 1.75. The minimum Gasteiger partial charge on any atom is -0.347 e. The SMILES string of the molecule is CC(=O)NCC(=O)Nc1ccc(-c2nnc3n2CCCCC3)cc1. The number of hydrogen-bond acceptors (Lipinski definition) is 4. The summed E-state index contributed by atoms with van der Waals surface area (Å²) in [5, 5.41) is 13.8. The number of amides is 2. The molecule has 0 fully saturated rings. The molecular formula is C17H21N5O2. The van der Waals surface area contributed by atoms with Gasteiger partial charge in [0.1, 0.15) is 5.82 Å². The zero-order valence-corrected chi connectivity index (χ0v) is 13.7. The van der Waals surface area contributed by atoms with E-state index in [2.05, 4.69) is 25.4 Å². The van der Waals surface area contributed by atoms with Crippen LogP contribution in [0.25, 0.3) is 11.4 Å². The lowest BCUT2D eigenvalue weighted by Crippen LogP contribution is -2.31. The fourth-order valence-corrected chi connectivity index (χ4v) is 2.81. The number of hydrogen-bond donors (Lipinski definition) is 2. The van der Waals surface area contributed by atoms with Crippen molar-refractivity contribution in [2.24, 2.45) is 0 Å². The molecule has 1 aromatic heterocycles. The van der Waals surface area contributed by atoms with Crippen LogP contribution in [0.5, 0.6) is 0 Å². The van der Waals surface area contributed by atoms with Crippen LogP contribution in [-0.4, -0.2) is 33.1 Å². The topological polar surface area (TPSA) is 88.9 Å². The number of nitrogens with zero attached hydrogens (tertiary/aromatic N) is 3. The van der Waals surface area contributed by atoms with Crippen molar-refractivity contribution >= 4 is 17.5 Å². The summed E-state index contributed by atoms with van der Waals surface area (Å²) < 4.78 is 2.19. The van der Waals surface area contributed by atoms with Crippen LogP contribution in [0.15, 0.2) is 24.3 Å². The zero-order valence-electron chi connectivity index (χ0n) is 13.7. The van der Waals surface area contributed by atoms with E-state index >= 15 is 0 Å². The Bertz CT molecular complexity index is 736. The van der Waals surface area contributed by atoms with Crippen molar-refractivity contribution in [3.05, 3.63) is 30.1 Å². The molecule has 0 bridgehead atoms. The molecule has 2 amide bonds. The van der Waals surface area contributed by atoms with E-state index < -0.39 is 0 Å². The quantitative estimate of drug-likeness (QED) is 0.895. The molecule has 1 aromatic carbocycles. The van der Waals surface area contributed by atoms with Gasteiger partial charge in [0.2, 0.25) is 11.8 Å². The lowest BCUT2D eigenvalue weighted by Gasteiger charge is -2.09. The smallest absolute Gasteiger partial charge is 0.243 e. The van der Waals surface area contributed by atoms with E-state index in [0.29, 0.717) is 5.69 Å². The highest BCUT2D eigenvalue weighted by Gasteiger charge is 2.15. The number of aromatic nitrogens is 3. The molecule has 126 valence electrons. The molecule has 2 N–H and O–H groups in total. The highest BCUT2D eigenvalue weighted by Crippen LogP contribution is 2.23. The molecule has 1 aliphatic heterocycles. The standard InChI is InChI=1S/C17H21N5O2/c1-12(23)18-11-16(24)19-14-8-6-13(7-9-14)17-21-20-15-5-3-2-4-10-22(15)17/h6-9H,2-5,10-11H2,1H3,(H,18,23)(H,19,24). The van der Waals surface area contributed by atoms with E-state index in [-0.39, 0.29) is 18.4 Å². The van der Waals surface area contributed by atoms with E-state index in [9.17, 15) is 9.59 Å². The lowest BCUT2D eigenvalue weighted by atomic mass is 10.2. The van der Waals surface area contributed by atoms with Gasteiger partial charge in [-0.2, -0.15) is 0 Å². The second-order valence-electron chi connectivity index (χ2n) is 5.94. The van der Waals surface area contributed by atoms with Crippen molar-refractivity contribution in [3.8, 4) is 11.4 Å². The van der Waals surface area contributed by atoms with Crippen LogP contribution < -0.4 is 10.6 Å². The van der Waals surface area contributed by atoms with Gasteiger partial charge in [-0.1, -0.05) is 6.42 Å². The summed E-state index contributed by atoms with van der Waals surface area (Å²) in [4.78, 5) is 22.5. The van der Waals surface area contributed by atoms with Gasteiger partial charge in [0.15, 0.2) is 5.82 Å². The van der Waals surface area contributed by atoms with Crippen molar-refractivity contribution in [1.29, 1.82) is 0 Å². The number of carbonyl (C=O) groups excluding carboxylic acids is 2. The van der Waals surface area contributed by atoms with Crippen LogP contribution >= 0.6 is 0 Å².